The second-order valence-electron chi connectivity index (χ2n) is 5.25. The van der Waals surface area contributed by atoms with Crippen molar-refractivity contribution in [3.8, 4) is 0 Å². The predicted molar refractivity (Wildman–Crippen MR) is 80.9 cm³/mol. The van der Waals surface area contributed by atoms with Crippen molar-refractivity contribution in [2.45, 2.75) is 32.7 Å². The smallest absolute Gasteiger partial charge is 0.220 e. The minimum atomic E-state index is 0.161. The molecule has 1 fully saturated rings. The van der Waals surface area contributed by atoms with Gasteiger partial charge in [0, 0.05) is 17.4 Å². The van der Waals surface area contributed by atoms with Gasteiger partial charge in [-0.2, -0.15) is 0 Å². The molecular weight excluding hydrogens is 304 g/mol. The normalized spacial score (nSPS) is 18.5. The van der Waals surface area contributed by atoms with Gasteiger partial charge in [-0.05, 0) is 62.0 Å². The van der Waals surface area contributed by atoms with Gasteiger partial charge in [0.2, 0.25) is 5.91 Å². The number of halogens is 1. The lowest BCUT2D eigenvalue weighted by Crippen LogP contribution is -2.23. The number of aryl methyl sites for hydroxylation is 1. The third-order valence-corrected chi connectivity index (χ3v) is 4.22. The minimum absolute atomic E-state index is 0.161. The molecule has 1 aliphatic heterocycles. The molecular formula is C15H21BrN2O. The van der Waals surface area contributed by atoms with Gasteiger partial charge in [-0.1, -0.05) is 22.0 Å². The molecule has 0 aliphatic carbocycles. The lowest BCUT2D eigenvalue weighted by Gasteiger charge is -2.10. The first-order valence-electron chi connectivity index (χ1n) is 6.87. The summed E-state index contributed by atoms with van der Waals surface area (Å²) < 4.78 is 1.08. The predicted octanol–water partition coefficient (Wildman–Crippen LogP) is 2.76. The van der Waals surface area contributed by atoms with Crippen LogP contribution in [0.25, 0.3) is 0 Å². The Kier molecular flexibility index (Phi) is 5.40. The van der Waals surface area contributed by atoms with Crippen LogP contribution in [-0.4, -0.2) is 19.0 Å². The lowest BCUT2D eigenvalue weighted by molar-refractivity contribution is -0.121. The van der Waals surface area contributed by atoms with Crippen LogP contribution < -0.4 is 10.6 Å². The van der Waals surface area contributed by atoms with E-state index in [1.807, 2.05) is 6.07 Å². The van der Waals surface area contributed by atoms with E-state index >= 15 is 0 Å². The van der Waals surface area contributed by atoms with Gasteiger partial charge in [0.15, 0.2) is 0 Å². The van der Waals surface area contributed by atoms with Gasteiger partial charge < -0.3 is 10.6 Å². The molecule has 2 N–H and O–H groups in total. The van der Waals surface area contributed by atoms with Crippen LogP contribution in [0.5, 0.6) is 0 Å². The van der Waals surface area contributed by atoms with Gasteiger partial charge in [-0.15, -0.1) is 0 Å². The van der Waals surface area contributed by atoms with E-state index < -0.39 is 0 Å². The summed E-state index contributed by atoms with van der Waals surface area (Å²) in [7, 11) is 0. The van der Waals surface area contributed by atoms with Crippen LogP contribution in [0, 0.1) is 12.8 Å². The summed E-state index contributed by atoms with van der Waals surface area (Å²) in [5.74, 6) is 0.842. The Morgan fingerprint density at radius 1 is 1.53 bits per heavy atom. The fourth-order valence-corrected chi connectivity index (χ4v) is 2.91. The highest BCUT2D eigenvalue weighted by molar-refractivity contribution is 9.10. The number of nitrogens with one attached hydrogen (secondary N) is 2. The van der Waals surface area contributed by atoms with E-state index in [9.17, 15) is 4.79 Å². The maximum atomic E-state index is 11.8. The number of carbonyl (C=O) groups is 1. The summed E-state index contributed by atoms with van der Waals surface area (Å²) in [5, 5.41) is 6.34. The van der Waals surface area contributed by atoms with E-state index in [2.05, 4.69) is 45.6 Å². The molecule has 1 aliphatic rings. The molecule has 104 valence electrons. The molecule has 19 heavy (non-hydrogen) atoms. The highest BCUT2D eigenvalue weighted by Gasteiger charge is 2.15. The first-order chi connectivity index (χ1) is 9.15. The molecule has 1 atom stereocenters. The monoisotopic (exact) mass is 324 g/mol. The zero-order chi connectivity index (χ0) is 13.7. The molecule has 0 radical (unpaired) electrons. The molecule has 1 heterocycles. The highest BCUT2D eigenvalue weighted by atomic mass is 79.9. The van der Waals surface area contributed by atoms with Crippen molar-refractivity contribution in [3.63, 3.8) is 0 Å². The van der Waals surface area contributed by atoms with Crippen molar-refractivity contribution in [1.82, 2.24) is 10.6 Å². The summed E-state index contributed by atoms with van der Waals surface area (Å²) in [6.07, 6.45) is 2.85. The van der Waals surface area contributed by atoms with Crippen LogP contribution in [0.1, 0.15) is 30.4 Å². The number of hydrogen-bond acceptors (Lipinski definition) is 2. The van der Waals surface area contributed by atoms with Crippen LogP contribution in [0.15, 0.2) is 22.7 Å². The SMILES string of the molecule is Cc1cc(Br)ccc1CNC(=O)CCC1CCNC1. The Bertz CT molecular complexity index is 442. The third-order valence-electron chi connectivity index (χ3n) is 3.72. The quantitative estimate of drug-likeness (QED) is 0.874. The summed E-state index contributed by atoms with van der Waals surface area (Å²) >= 11 is 3.45. The van der Waals surface area contributed by atoms with E-state index in [0.29, 0.717) is 18.9 Å². The van der Waals surface area contributed by atoms with E-state index in [1.54, 1.807) is 0 Å². The van der Waals surface area contributed by atoms with E-state index in [-0.39, 0.29) is 5.91 Å². The van der Waals surface area contributed by atoms with Crippen molar-refractivity contribution in [3.05, 3.63) is 33.8 Å². The fraction of sp³-hybridized carbons (Fsp3) is 0.533. The topological polar surface area (TPSA) is 41.1 Å². The standard InChI is InChI=1S/C15H21BrN2O/c1-11-8-14(16)4-3-13(11)10-18-15(19)5-2-12-6-7-17-9-12/h3-4,8,12,17H,2,5-7,9-10H2,1H3,(H,18,19). The first kappa shape index (κ1) is 14.5. The number of hydrogen-bond donors (Lipinski definition) is 2. The van der Waals surface area contributed by atoms with Gasteiger partial charge in [0.05, 0.1) is 0 Å². The molecule has 0 aromatic heterocycles. The highest BCUT2D eigenvalue weighted by Crippen LogP contribution is 2.16. The maximum Gasteiger partial charge on any atom is 0.220 e. The first-order valence-corrected chi connectivity index (χ1v) is 7.67. The van der Waals surface area contributed by atoms with Gasteiger partial charge in [-0.3, -0.25) is 4.79 Å². The maximum absolute atomic E-state index is 11.8. The van der Waals surface area contributed by atoms with Crippen molar-refractivity contribution < 1.29 is 4.79 Å². The molecule has 1 amide bonds. The van der Waals surface area contributed by atoms with Crippen molar-refractivity contribution in [1.29, 1.82) is 0 Å². The summed E-state index contributed by atoms with van der Waals surface area (Å²) in [5.41, 5.74) is 2.38. The molecule has 1 saturated heterocycles. The largest absolute Gasteiger partial charge is 0.352 e. The Balaban J connectivity index is 1.73. The molecule has 0 bridgehead atoms. The summed E-state index contributed by atoms with van der Waals surface area (Å²) in [6, 6.07) is 6.14. The lowest BCUT2D eigenvalue weighted by atomic mass is 10.0. The summed E-state index contributed by atoms with van der Waals surface area (Å²) in [6.45, 7) is 4.86. The van der Waals surface area contributed by atoms with Gasteiger partial charge in [0.1, 0.15) is 0 Å². The molecule has 2 rings (SSSR count). The molecule has 4 heteroatoms. The van der Waals surface area contributed by atoms with Crippen LogP contribution in [0.2, 0.25) is 0 Å². The Hall–Kier alpha value is -0.870. The minimum Gasteiger partial charge on any atom is -0.352 e. The number of benzene rings is 1. The Labute approximate surface area is 123 Å². The van der Waals surface area contributed by atoms with Crippen molar-refractivity contribution >= 4 is 21.8 Å². The average molecular weight is 325 g/mol. The zero-order valence-corrected chi connectivity index (χ0v) is 12.9. The van der Waals surface area contributed by atoms with E-state index in [4.69, 9.17) is 0 Å². The zero-order valence-electron chi connectivity index (χ0n) is 11.3. The molecule has 0 spiro atoms. The van der Waals surface area contributed by atoms with Crippen LogP contribution >= 0.6 is 15.9 Å². The van der Waals surface area contributed by atoms with Crippen molar-refractivity contribution in [2.24, 2.45) is 5.92 Å². The second-order valence-corrected chi connectivity index (χ2v) is 6.16. The number of carbonyl (C=O) groups excluding carboxylic acids is 1. The summed E-state index contributed by atoms with van der Waals surface area (Å²) in [4.78, 5) is 11.8. The van der Waals surface area contributed by atoms with Crippen molar-refractivity contribution in [2.75, 3.05) is 13.1 Å². The van der Waals surface area contributed by atoms with E-state index in [0.717, 1.165) is 24.0 Å². The van der Waals surface area contributed by atoms with Gasteiger partial charge in [-0.25, -0.2) is 0 Å². The van der Waals surface area contributed by atoms with Crippen LogP contribution in [0.3, 0.4) is 0 Å². The number of amides is 1. The Morgan fingerprint density at radius 3 is 3.05 bits per heavy atom. The molecule has 1 aromatic rings. The number of rotatable bonds is 5. The molecule has 0 saturated carbocycles. The van der Waals surface area contributed by atoms with Gasteiger partial charge in [0.25, 0.3) is 0 Å². The van der Waals surface area contributed by atoms with Gasteiger partial charge >= 0.3 is 0 Å². The molecule has 1 unspecified atom stereocenters. The second kappa shape index (κ2) is 7.06. The van der Waals surface area contributed by atoms with Crippen LogP contribution in [-0.2, 0) is 11.3 Å². The molecule has 1 aromatic carbocycles. The fourth-order valence-electron chi connectivity index (χ4n) is 2.44. The van der Waals surface area contributed by atoms with Crippen LogP contribution in [0.4, 0.5) is 0 Å². The average Bonchev–Trinajstić information content (AvgIpc) is 2.88. The Morgan fingerprint density at radius 2 is 2.37 bits per heavy atom. The molecule has 3 nitrogen and oxygen atoms in total. The third kappa shape index (κ3) is 4.62. The van der Waals surface area contributed by atoms with E-state index in [1.165, 1.54) is 17.5 Å².